The number of ether oxygens (including phenoxy) is 2. The summed E-state index contributed by atoms with van der Waals surface area (Å²) in [6.45, 7) is 2.01. The van der Waals surface area contributed by atoms with E-state index in [1.807, 2.05) is 0 Å². The number of aryl methyl sites for hydroxylation is 1. The minimum absolute atomic E-state index is 0.125. The van der Waals surface area contributed by atoms with E-state index >= 15 is 0 Å². The smallest absolute Gasteiger partial charge is 0.227 e. The van der Waals surface area contributed by atoms with Gasteiger partial charge in [0.2, 0.25) is 17.7 Å². The van der Waals surface area contributed by atoms with Gasteiger partial charge in [-0.15, -0.1) is 0 Å². The molecule has 9 heteroatoms. The molecule has 1 aromatic heterocycles. The third kappa shape index (κ3) is 4.08. The molecule has 4 rings (SSSR count). The average molecular weight is 428 g/mol. The van der Waals surface area contributed by atoms with Crippen LogP contribution in [0.1, 0.15) is 50.2 Å². The van der Waals surface area contributed by atoms with Crippen molar-refractivity contribution in [2.45, 2.75) is 51.0 Å². The van der Waals surface area contributed by atoms with Gasteiger partial charge < -0.3 is 24.2 Å². The van der Waals surface area contributed by atoms with Crippen molar-refractivity contribution >= 4 is 17.5 Å². The Bertz CT molecular complexity index is 967. The van der Waals surface area contributed by atoms with Crippen molar-refractivity contribution in [1.29, 1.82) is 0 Å². The van der Waals surface area contributed by atoms with Gasteiger partial charge in [0.1, 0.15) is 17.0 Å². The van der Waals surface area contributed by atoms with E-state index in [0.717, 1.165) is 32.1 Å². The zero-order valence-electron chi connectivity index (χ0n) is 18.1. The second kappa shape index (κ2) is 8.56. The minimum atomic E-state index is -0.642. The van der Waals surface area contributed by atoms with Crippen molar-refractivity contribution in [1.82, 2.24) is 15.5 Å². The number of rotatable bonds is 6. The molecule has 2 heterocycles. The fraction of sp³-hybridized carbons (Fsp3) is 0.545. The predicted octanol–water partition coefficient (Wildman–Crippen LogP) is 2.72. The molecule has 31 heavy (non-hydrogen) atoms. The molecule has 1 aromatic carbocycles. The molecule has 0 radical (unpaired) electrons. The van der Waals surface area contributed by atoms with E-state index in [9.17, 15) is 9.59 Å². The van der Waals surface area contributed by atoms with Crippen LogP contribution in [0.3, 0.4) is 0 Å². The summed E-state index contributed by atoms with van der Waals surface area (Å²) < 4.78 is 15.9. The summed E-state index contributed by atoms with van der Waals surface area (Å²) in [6, 6.07) is 5.28. The van der Waals surface area contributed by atoms with E-state index < -0.39 is 11.5 Å². The molecule has 1 saturated carbocycles. The number of benzene rings is 1. The highest BCUT2D eigenvalue weighted by Gasteiger charge is 2.43. The SMILES string of the molecule is COc1ccc(OC)c(N2CC(C(=O)NC3(c4noc(C)n4)CCCCC3)CC2=O)c1. The lowest BCUT2D eigenvalue weighted by Crippen LogP contribution is -2.50. The maximum Gasteiger partial charge on any atom is 0.227 e. The summed E-state index contributed by atoms with van der Waals surface area (Å²) >= 11 is 0. The van der Waals surface area contributed by atoms with Crippen LogP contribution in [0.5, 0.6) is 11.5 Å². The van der Waals surface area contributed by atoms with Crippen molar-refractivity contribution in [3.63, 3.8) is 0 Å². The molecule has 0 bridgehead atoms. The fourth-order valence-electron chi connectivity index (χ4n) is 4.52. The summed E-state index contributed by atoms with van der Waals surface area (Å²) in [4.78, 5) is 32.1. The van der Waals surface area contributed by atoms with Crippen LogP contribution < -0.4 is 19.7 Å². The number of anilines is 1. The molecular formula is C22H28N4O5. The molecule has 1 aliphatic carbocycles. The van der Waals surface area contributed by atoms with E-state index in [0.29, 0.717) is 28.9 Å². The van der Waals surface area contributed by atoms with Crippen LogP contribution in [0.2, 0.25) is 0 Å². The molecule has 0 spiro atoms. The van der Waals surface area contributed by atoms with Gasteiger partial charge in [0.15, 0.2) is 5.82 Å². The van der Waals surface area contributed by atoms with E-state index in [4.69, 9.17) is 14.0 Å². The van der Waals surface area contributed by atoms with Crippen molar-refractivity contribution in [3.8, 4) is 11.5 Å². The van der Waals surface area contributed by atoms with Crippen LogP contribution in [-0.4, -0.2) is 42.7 Å². The molecule has 166 valence electrons. The molecular weight excluding hydrogens is 400 g/mol. The van der Waals surface area contributed by atoms with Crippen molar-refractivity contribution in [2.24, 2.45) is 5.92 Å². The van der Waals surface area contributed by atoms with Crippen LogP contribution in [-0.2, 0) is 15.1 Å². The first-order valence-electron chi connectivity index (χ1n) is 10.6. The Kier molecular flexibility index (Phi) is 5.84. The molecule has 1 atom stereocenters. The number of nitrogens with one attached hydrogen (secondary N) is 1. The Labute approximate surface area is 181 Å². The molecule has 2 aliphatic rings. The van der Waals surface area contributed by atoms with E-state index in [1.54, 1.807) is 44.2 Å². The highest BCUT2D eigenvalue weighted by molar-refractivity contribution is 6.01. The number of amides is 2. The molecule has 2 amide bonds. The van der Waals surface area contributed by atoms with Gasteiger partial charge in [0.25, 0.3) is 0 Å². The molecule has 1 N–H and O–H groups in total. The van der Waals surface area contributed by atoms with Crippen LogP contribution in [0, 0.1) is 12.8 Å². The normalized spacial score (nSPS) is 20.5. The maximum atomic E-state index is 13.3. The Morgan fingerprint density at radius 2 is 2.00 bits per heavy atom. The third-order valence-electron chi connectivity index (χ3n) is 6.20. The second-order valence-electron chi connectivity index (χ2n) is 8.21. The number of nitrogens with zero attached hydrogens (tertiary/aromatic N) is 3. The lowest BCUT2D eigenvalue weighted by atomic mass is 9.80. The minimum Gasteiger partial charge on any atom is -0.497 e. The number of hydrogen-bond acceptors (Lipinski definition) is 7. The Morgan fingerprint density at radius 3 is 2.65 bits per heavy atom. The Hall–Kier alpha value is -3.10. The van der Waals surface area contributed by atoms with Gasteiger partial charge in [0, 0.05) is 26.0 Å². The van der Waals surface area contributed by atoms with Crippen LogP contribution in [0.25, 0.3) is 0 Å². The average Bonchev–Trinajstić information content (AvgIpc) is 3.40. The maximum absolute atomic E-state index is 13.3. The number of carbonyl (C=O) groups is 2. The number of carbonyl (C=O) groups excluding carboxylic acids is 2. The Balaban J connectivity index is 1.54. The largest absolute Gasteiger partial charge is 0.497 e. The zero-order valence-corrected chi connectivity index (χ0v) is 18.1. The molecule has 2 fully saturated rings. The number of hydrogen-bond donors (Lipinski definition) is 1. The Morgan fingerprint density at radius 1 is 1.23 bits per heavy atom. The standard InChI is InChI=1S/C22H28N4O5/c1-14-23-21(25-31-14)22(9-5-4-6-10-22)24-20(28)15-11-19(27)26(13-15)17-12-16(29-2)7-8-18(17)30-3/h7-8,12,15H,4-6,9-11,13H2,1-3H3,(H,24,28). The highest BCUT2D eigenvalue weighted by atomic mass is 16.5. The summed E-state index contributed by atoms with van der Waals surface area (Å²) in [5, 5.41) is 7.29. The number of aromatic nitrogens is 2. The molecule has 9 nitrogen and oxygen atoms in total. The summed E-state index contributed by atoms with van der Waals surface area (Å²) in [7, 11) is 3.12. The van der Waals surface area contributed by atoms with E-state index in [1.165, 1.54) is 0 Å². The van der Waals surface area contributed by atoms with E-state index in [-0.39, 0.29) is 24.8 Å². The monoisotopic (exact) mass is 428 g/mol. The zero-order chi connectivity index (χ0) is 22.0. The molecule has 2 aromatic rings. The molecule has 1 unspecified atom stereocenters. The molecule has 1 saturated heterocycles. The fourth-order valence-corrected chi connectivity index (χ4v) is 4.52. The quantitative estimate of drug-likeness (QED) is 0.754. The van der Waals surface area contributed by atoms with Crippen LogP contribution in [0.15, 0.2) is 22.7 Å². The van der Waals surface area contributed by atoms with Gasteiger partial charge in [-0.2, -0.15) is 4.98 Å². The van der Waals surface area contributed by atoms with Crippen LogP contribution in [0.4, 0.5) is 5.69 Å². The first-order valence-corrected chi connectivity index (χ1v) is 10.6. The van der Waals surface area contributed by atoms with Crippen LogP contribution >= 0.6 is 0 Å². The summed E-state index contributed by atoms with van der Waals surface area (Å²) in [5.41, 5.74) is -0.0414. The number of methoxy groups -OCH3 is 2. The third-order valence-corrected chi connectivity index (χ3v) is 6.20. The molecule has 1 aliphatic heterocycles. The lowest BCUT2D eigenvalue weighted by molar-refractivity contribution is -0.128. The predicted molar refractivity (Wildman–Crippen MR) is 112 cm³/mol. The van der Waals surface area contributed by atoms with Crippen molar-refractivity contribution in [2.75, 3.05) is 25.7 Å². The summed E-state index contributed by atoms with van der Waals surface area (Å²) in [5.74, 6) is 1.40. The van der Waals surface area contributed by atoms with Gasteiger partial charge in [-0.25, -0.2) is 0 Å². The lowest BCUT2D eigenvalue weighted by Gasteiger charge is -2.36. The van der Waals surface area contributed by atoms with Crippen molar-refractivity contribution in [3.05, 3.63) is 29.9 Å². The summed E-state index contributed by atoms with van der Waals surface area (Å²) in [6.07, 6.45) is 4.71. The van der Waals surface area contributed by atoms with Gasteiger partial charge in [0.05, 0.1) is 25.8 Å². The first-order chi connectivity index (χ1) is 15.0. The van der Waals surface area contributed by atoms with Crippen molar-refractivity contribution < 1.29 is 23.6 Å². The van der Waals surface area contributed by atoms with E-state index in [2.05, 4.69) is 15.5 Å². The van der Waals surface area contributed by atoms with Gasteiger partial charge >= 0.3 is 0 Å². The van der Waals surface area contributed by atoms with Gasteiger partial charge in [-0.05, 0) is 25.0 Å². The topological polar surface area (TPSA) is 107 Å². The van der Waals surface area contributed by atoms with Gasteiger partial charge in [-0.3, -0.25) is 9.59 Å². The first kappa shape index (κ1) is 21.1. The second-order valence-corrected chi connectivity index (χ2v) is 8.21. The highest BCUT2D eigenvalue weighted by Crippen LogP contribution is 2.38. The van der Waals surface area contributed by atoms with Gasteiger partial charge in [-0.1, -0.05) is 24.4 Å².